The van der Waals surface area contributed by atoms with Crippen LogP contribution in [0.25, 0.3) is 0 Å². The normalized spacial score (nSPS) is 17.5. The predicted octanol–water partition coefficient (Wildman–Crippen LogP) is 3.43. The van der Waals surface area contributed by atoms with Crippen molar-refractivity contribution in [3.8, 4) is 0 Å². The van der Waals surface area contributed by atoms with Crippen molar-refractivity contribution in [3.63, 3.8) is 0 Å². The van der Waals surface area contributed by atoms with Gasteiger partial charge in [0.05, 0.1) is 0 Å². The molecule has 1 aromatic heterocycles. The summed E-state index contributed by atoms with van der Waals surface area (Å²) in [7, 11) is 0. The highest BCUT2D eigenvalue weighted by atomic mass is 15.1. The van der Waals surface area contributed by atoms with E-state index in [1.165, 1.54) is 38.5 Å². The number of nitrogens with one attached hydrogen (secondary N) is 2. The summed E-state index contributed by atoms with van der Waals surface area (Å²) in [5, 5.41) is 6.85. The molecular weight excluding hydrogens is 224 g/mol. The van der Waals surface area contributed by atoms with Gasteiger partial charge in [-0.2, -0.15) is 0 Å². The first-order valence-corrected chi connectivity index (χ1v) is 7.09. The number of hydrogen-bond acceptors (Lipinski definition) is 4. The van der Waals surface area contributed by atoms with Gasteiger partial charge < -0.3 is 10.6 Å². The molecule has 0 unspecified atom stereocenters. The molecule has 0 saturated heterocycles. The highest BCUT2D eigenvalue weighted by molar-refractivity contribution is 5.47. The molecule has 0 atom stereocenters. The summed E-state index contributed by atoms with van der Waals surface area (Å²) in [6.45, 7) is 4.22. The largest absolute Gasteiger partial charge is 0.368 e. The second kappa shape index (κ2) is 6.57. The molecule has 1 aliphatic carbocycles. The number of nitrogens with zero attached hydrogens (tertiary/aromatic N) is 2. The van der Waals surface area contributed by atoms with Gasteiger partial charge in [-0.25, -0.2) is 9.97 Å². The standard InChI is InChI=1S/C14H24N4/c1-11(2)17-13-9-14(16-10-15-13)18-12-7-5-3-4-6-8-12/h9-12H,3-8H2,1-2H3,(H2,15,16,17,18). The zero-order valence-corrected chi connectivity index (χ0v) is 11.4. The molecule has 0 spiro atoms. The molecule has 0 amide bonds. The zero-order chi connectivity index (χ0) is 12.8. The molecule has 0 bridgehead atoms. The maximum absolute atomic E-state index is 4.31. The number of aromatic nitrogens is 2. The van der Waals surface area contributed by atoms with Crippen molar-refractivity contribution in [1.82, 2.24) is 9.97 Å². The SMILES string of the molecule is CC(C)Nc1cc(NC2CCCCCC2)ncn1. The summed E-state index contributed by atoms with van der Waals surface area (Å²) in [5.74, 6) is 1.84. The first-order valence-electron chi connectivity index (χ1n) is 7.09. The minimum atomic E-state index is 0.394. The Hall–Kier alpha value is -1.32. The highest BCUT2D eigenvalue weighted by Gasteiger charge is 2.12. The van der Waals surface area contributed by atoms with Crippen LogP contribution in [0.3, 0.4) is 0 Å². The van der Waals surface area contributed by atoms with E-state index in [4.69, 9.17) is 0 Å². The van der Waals surface area contributed by atoms with Crippen LogP contribution in [-0.2, 0) is 0 Å². The Bertz CT molecular complexity index is 357. The van der Waals surface area contributed by atoms with Crippen molar-refractivity contribution in [2.24, 2.45) is 0 Å². The van der Waals surface area contributed by atoms with Crippen molar-refractivity contribution >= 4 is 11.6 Å². The fourth-order valence-electron chi connectivity index (χ4n) is 2.44. The lowest BCUT2D eigenvalue weighted by molar-refractivity contribution is 0.617. The van der Waals surface area contributed by atoms with Crippen LogP contribution in [0.2, 0.25) is 0 Å². The van der Waals surface area contributed by atoms with Gasteiger partial charge in [0.25, 0.3) is 0 Å². The monoisotopic (exact) mass is 248 g/mol. The summed E-state index contributed by atoms with van der Waals surface area (Å²) in [4.78, 5) is 8.54. The van der Waals surface area contributed by atoms with Crippen LogP contribution in [-0.4, -0.2) is 22.1 Å². The van der Waals surface area contributed by atoms with E-state index in [-0.39, 0.29) is 0 Å². The minimum absolute atomic E-state index is 0.394. The van der Waals surface area contributed by atoms with Crippen LogP contribution in [0.15, 0.2) is 12.4 Å². The molecule has 0 aliphatic heterocycles. The minimum Gasteiger partial charge on any atom is -0.368 e. The van der Waals surface area contributed by atoms with Gasteiger partial charge in [0, 0.05) is 18.2 Å². The van der Waals surface area contributed by atoms with Crippen LogP contribution >= 0.6 is 0 Å². The van der Waals surface area contributed by atoms with Gasteiger partial charge in [-0.3, -0.25) is 0 Å². The van der Waals surface area contributed by atoms with Gasteiger partial charge >= 0.3 is 0 Å². The fourth-order valence-corrected chi connectivity index (χ4v) is 2.44. The third-order valence-corrected chi connectivity index (χ3v) is 3.31. The van der Waals surface area contributed by atoms with E-state index in [0.29, 0.717) is 12.1 Å². The van der Waals surface area contributed by atoms with E-state index in [2.05, 4.69) is 34.4 Å². The molecule has 0 radical (unpaired) electrons. The predicted molar refractivity (Wildman–Crippen MR) is 75.9 cm³/mol. The first-order chi connectivity index (χ1) is 8.74. The first kappa shape index (κ1) is 13.1. The fraction of sp³-hybridized carbons (Fsp3) is 0.714. The average Bonchev–Trinajstić information content (AvgIpc) is 2.57. The Morgan fingerprint density at radius 2 is 1.72 bits per heavy atom. The Morgan fingerprint density at radius 3 is 2.39 bits per heavy atom. The van der Waals surface area contributed by atoms with Crippen molar-refractivity contribution in [3.05, 3.63) is 12.4 Å². The van der Waals surface area contributed by atoms with Crippen molar-refractivity contribution < 1.29 is 0 Å². The van der Waals surface area contributed by atoms with Crippen LogP contribution in [0.4, 0.5) is 11.6 Å². The molecule has 4 nitrogen and oxygen atoms in total. The lowest BCUT2D eigenvalue weighted by atomic mass is 10.1. The summed E-state index contributed by atoms with van der Waals surface area (Å²) in [6.07, 6.45) is 9.57. The second-order valence-electron chi connectivity index (χ2n) is 5.42. The molecule has 100 valence electrons. The topological polar surface area (TPSA) is 49.8 Å². The van der Waals surface area contributed by atoms with Gasteiger partial charge in [-0.05, 0) is 26.7 Å². The lowest BCUT2D eigenvalue weighted by Crippen LogP contribution is -2.19. The Morgan fingerprint density at radius 1 is 1.06 bits per heavy atom. The zero-order valence-electron chi connectivity index (χ0n) is 11.4. The van der Waals surface area contributed by atoms with E-state index >= 15 is 0 Å². The summed E-state index contributed by atoms with van der Waals surface area (Å²) in [6, 6.07) is 2.98. The van der Waals surface area contributed by atoms with Crippen molar-refractivity contribution in [2.75, 3.05) is 10.6 Å². The van der Waals surface area contributed by atoms with E-state index in [9.17, 15) is 0 Å². The molecule has 18 heavy (non-hydrogen) atoms. The van der Waals surface area contributed by atoms with Gasteiger partial charge in [0.15, 0.2) is 0 Å². The van der Waals surface area contributed by atoms with Crippen LogP contribution in [0.1, 0.15) is 52.4 Å². The van der Waals surface area contributed by atoms with E-state index in [1.807, 2.05) is 6.07 Å². The van der Waals surface area contributed by atoms with Crippen LogP contribution in [0, 0.1) is 0 Å². The van der Waals surface area contributed by atoms with Gasteiger partial charge in [-0.1, -0.05) is 25.7 Å². The Kier molecular flexibility index (Phi) is 4.79. The van der Waals surface area contributed by atoms with Gasteiger partial charge in [0.1, 0.15) is 18.0 Å². The smallest absolute Gasteiger partial charge is 0.131 e. The van der Waals surface area contributed by atoms with Crippen molar-refractivity contribution in [2.45, 2.75) is 64.5 Å². The molecule has 4 heteroatoms. The second-order valence-corrected chi connectivity index (χ2v) is 5.42. The number of hydrogen-bond donors (Lipinski definition) is 2. The Labute approximate surface area is 110 Å². The molecule has 2 N–H and O–H groups in total. The summed E-state index contributed by atoms with van der Waals surface area (Å²) >= 11 is 0. The summed E-state index contributed by atoms with van der Waals surface area (Å²) < 4.78 is 0. The quantitative estimate of drug-likeness (QED) is 0.801. The third kappa shape index (κ3) is 4.17. The molecule has 1 aromatic rings. The van der Waals surface area contributed by atoms with Crippen molar-refractivity contribution in [1.29, 1.82) is 0 Å². The molecule has 1 aliphatic rings. The maximum atomic E-state index is 4.31. The maximum Gasteiger partial charge on any atom is 0.131 e. The van der Waals surface area contributed by atoms with E-state index < -0.39 is 0 Å². The molecule has 2 rings (SSSR count). The van der Waals surface area contributed by atoms with E-state index in [0.717, 1.165) is 11.6 Å². The molecule has 1 heterocycles. The molecule has 1 fully saturated rings. The highest BCUT2D eigenvalue weighted by Crippen LogP contribution is 2.21. The number of rotatable bonds is 4. The lowest BCUT2D eigenvalue weighted by Gasteiger charge is -2.17. The van der Waals surface area contributed by atoms with Crippen LogP contribution < -0.4 is 10.6 Å². The molecular formula is C14H24N4. The molecule has 0 aromatic carbocycles. The van der Waals surface area contributed by atoms with E-state index in [1.54, 1.807) is 6.33 Å². The third-order valence-electron chi connectivity index (χ3n) is 3.31. The average molecular weight is 248 g/mol. The van der Waals surface area contributed by atoms with Gasteiger partial charge in [-0.15, -0.1) is 0 Å². The summed E-state index contributed by atoms with van der Waals surface area (Å²) in [5.41, 5.74) is 0. The Balaban J connectivity index is 1.95. The molecule has 1 saturated carbocycles. The van der Waals surface area contributed by atoms with Gasteiger partial charge in [0.2, 0.25) is 0 Å². The number of anilines is 2. The van der Waals surface area contributed by atoms with Crippen LogP contribution in [0.5, 0.6) is 0 Å².